The average Bonchev–Trinajstić information content (AvgIpc) is 2.22. The Kier molecular flexibility index (Phi) is 3.13. The van der Waals surface area contributed by atoms with Crippen LogP contribution in [0.15, 0.2) is 12.1 Å². The van der Waals surface area contributed by atoms with Crippen molar-refractivity contribution in [3.8, 4) is 0 Å². The number of pyridine rings is 1. The maximum absolute atomic E-state index is 4.57. The molecule has 1 aromatic heterocycles. The Morgan fingerprint density at radius 1 is 1.35 bits per heavy atom. The van der Waals surface area contributed by atoms with E-state index in [1.807, 2.05) is 6.92 Å². The summed E-state index contributed by atoms with van der Waals surface area (Å²) in [7, 11) is 0. The molecule has 0 saturated carbocycles. The molecule has 1 saturated heterocycles. The maximum Gasteiger partial charge on any atom is 0.0609 e. The van der Waals surface area contributed by atoms with E-state index >= 15 is 0 Å². The molecule has 2 heterocycles. The predicted molar refractivity (Wildman–Crippen MR) is 72.6 cm³/mol. The largest absolute Gasteiger partial charge is 0.364 e. The van der Waals surface area contributed by atoms with Crippen LogP contribution < -0.4 is 10.2 Å². The highest BCUT2D eigenvalue weighted by Crippen LogP contribution is 2.25. The molecular weight excluding hydrogens is 210 g/mol. The molecule has 17 heavy (non-hydrogen) atoms. The van der Waals surface area contributed by atoms with Gasteiger partial charge in [-0.25, -0.2) is 0 Å². The normalized spacial score (nSPS) is 23.8. The second-order valence-corrected chi connectivity index (χ2v) is 5.80. The average molecular weight is 233 g/mol. The topological polar surface area (TPSA) is 28.2 Å². The van der Waals surface area contributed by atoms with Gasteiger partial charge in [-0.1, -0.05) is 0 Å². The van der Waals surface area contributed by atoms with Crippen LogP contribution in [0.5, 0.6) is 0 Å². The van der Waals surface area contributed by atoms with Crippen molar-refractivity contribution in [1.82, 2.24) is 10.3 Å². The maximum atomic E-state index is 4.57. The van der Waals surface area contributed by atoms with Gasteiger partial charge >= 0.3 is 0 Å². The van der Waals surface area contributed by atoms with Crippen LogP contribution in [0.25, 0.3) is 0 Å². The van der Waals surface area contributed by atoms with Gasteiger partial charge in [0, 0.05) is 30.4 Å². The Balaban J connectivity index is 2.31. The number of piperazine rings is 1. The van der Waals surface area contributed by atoms with Crippen LogP contribution in [-0.4, -0.2) is 29.7 Å². The summed E-state index contributed by atoms with van der Waals surface area (Å²) >= 11 is 0. The van der Waals surface area contributed by atoms with E-state index in [0.717, 1.165) is 24.5 Å². The van der Waals surface area contributed by atoms with E-state index in [9.17, 15) is 0 Å². The van der Waals surface area contributed by atoms with Crippen molar-refractivity contribution >= 4 is 5.69 Å². The number of hydrogen-bond acceptors (Lipinski definition) is 3. The Bertz CT molecular complexity index is 412. The fourth-order valence-corrected chi connectivity index (χ4v) is 2.48. The molecule has 1 N–H and O–H groups in total. The molecule has 1 aliphatic rings. The van der Waals surface area contributed by atoms with Gasteiger partial charge < -0.3 is 10.2 Å². The predicted octanol–water partition coefficient (Wildman–Crippen LogP) is 2.28. The quantitative estimate of drug-likeness (QED) is 0.806. The van der Waals surface area contributed by atoms with Crippen LogP contribution in [0.3, 0.4) is 0 Å². The summed E-state index contributed by atoms with van der Waals surface area (Å²) in [6.45, 7) is 13.0. The zero-order chi connectivity index (χ0) is 12.6. The summed E-state index contributed by atoms with van der Waals surface area (Å²) in [5, 5.41) is 3.58. The molecule has 0 amide bonds. The van der Waals surface area contributed by atoms with Crippen LogP contribution in [0, 0.1) is 13.8 Å². The van der Waals surface area contributed by atoms with Crippen LogP contribution in [0.2, 0.25) is 0 Å². The fourth-order valence-electron chi connectivity index (χ4n) is 2.48. The second-order valence-electron chi connectivity index (χ2n) is 5.80. The lowest BCUT2D eigenvalue weighted by Crippen LogP contribution is -2.61. The molecule has 1 aliphatic heterocycles. The third kappa shape index (κ3) is 2.60. The van der Waals surface area contributed by atoms with Gasteiger partial charge in [-0.2, -0.15) is 0 Å². The van der Waals surface area contributed by atoms with Gasteiger partial charge in [0.25, 0.3) is 0 Å². The highest BCUT2D eigenvalue weighted by atomic mass is 15.3. The van der Waals surface area contributed by atoms with Crippen molar-refractivity contribution in [3.63, 3.8) is 0 Å². The molecule has 3 nitrogen and oxygen atoms in total. The molecule has 94 valence electrons. The SMILES string of the molecule is Cc1ccc(N2CC(C)(C)NCC2C)c(C)n1. The number of rotatable bonds is 1. The fraction of sp³-hybridized carbons (Fsp3) is 0.643. The van der Waals surface area contributed by atoms with Gasteiger partial charge in [-0.15, -0.1) is 0 Å². The third-order valence-electron chi connectivity index (χ3n) is 3.48. The molecule has 1 aromatic rings. The van der Waals surface area contributed by atoms with Crippen molar-refractivity contribution in [2.24, 2.45) is 0 Å². The third-order valence-corrected chi connectivity index (χ3v) is 3.48. The van der Waals surface area contributed by atoms with Crippen molar-refractivity contribution in [3.05, 3.63) is 23.5 Å². The Labute approximate surface area is 104 Å². The monoisotopic (exact) mass is 233 g/mol. The number of nitrogens with one attached hydrogen (secondary N) is 1. The second kappa shape index (κ2) is 4.30. The van der Waals surface area contributed by atoms with Crippen LogP contribution in [0.4, 0.5) is 5.69 Å². The smallest absolute Gasteiger partial charge is 0.0609 e. The first-order chi connectivity index (χ1) is 7.89. The Morgan fingerprint density at radius 2 is 2.06 bits per heavy atom. The van der Waals surface area contributed by atoms with Gasteiger partial charge in [0.1, 0.15) is 0 Å². The molecule has 3 heteroatoms. The van der Waals surface area contributed by atoms with Crippen molar-refractivity contribution < 1.29 is 0 Å². The van der Waals surface area contributed by atoms with E-state index in [2.05, 4.69) is 55.0 Å². The number of aryl methyl sites for hydroxylation is 2. The van der Waals surface area contributed by atoms with Crippen molar-refractivity contribution in [1.29, 1.82) is 0 Å². The van der Waals surface area contributed by atoms with Gasteiger partial charge in [0.15, 0.2) is 0 Å². The zero-order valence-electron chi connectivity index (χ0n) is 11.5. The Morgan fingerprint density at radius 3 is 2.71 bits per heavy atom. The minimum atomic E-state index is 0.170. The first kappa shape index (κ1) is 12.4. The molecule has 2 rings (SSSR count). The van der Waals surface area contributed by atoms with E-state index in [-0.39, 0.29) is 5.54 Å². The molecule has 0 radical (unpaired) electrons. The van der Waals surface area contributed by atoms with E-state index in [1.165, 1.54) is 5.69 Å². The highest BCUT2D eigenvalue weighted by Gasteiger charge is 2.31. The summed E-state index contributed by atoms with van der Waals surface area (Å²) in [6, 6.07) is 4.82. The summed E-state index contributed by atoms with van der Waals surface area (Å²) in [5.41, 5.74) is 3.67. The van der Waals surface area contributed by atoms with Crippen LogP contribution in [0.1, 0.15) is 32.2 Å². The molecule has 1 atom stereocenters. The van der Waals surface area contributed by atoms with Crippen molar-refractivity contribution in [2.75, 3.05) is 18.0 Å². The lowest BCUT2D eigenvalue weighted by Gasteiger charge is -2.45. The van der Waals surface area contributed by atoms with Crippen LogP contribution >= 0.6 is 0 Å². The minimum absolute atomic E-state index is 0.170. The zero-order valence-corrected chi connectivity index (χ0v) is 11.5. The van der Waals surface area contributed by atoms with E-state index in [0.29, 0.717) is 6.04 Å². The first-order valence-electron chi connectivity index (χ1n) is 6.35. The summed E-state index contributed by atoms with van der Waals surface area (Å²) in [5.74, 6) is 0. The van der Waals surface area contributed by atoms with Crippen molar-refractivity contribution in [2.45, 2.75) is 46.2 Å². The number of anilines is 1. The molecule has 0 bridgehead atoms. The summed E-state index contributed by atoms with van der Waals surface area (Å²) < 4.78 is 0. The Hall–Kier alpha value is -1.09. The van der Waals surface area contributed by atoms with E-state index in [1.54, 1.807) is 0 Å². The summed E-state index contributed by atoms with van der Waals surface area (Å²) in [6.07, 6.45) is 0. The van der Waals surface area contributed by atoms with Gasteiger partial charge in [0.05, 0.1) is 11.4 Å². The molecule has 0 aromatic carbocycles. The molecule has 1 fully saturated rings. The van der Waals surface area contributed by atoms with Crippen LogP contribution in [-0.2, 0) is 0 Å². The standard InChI is InChI=1S/C14H23N3/c1-10-6-7-13(12(3)16-10)17-9-14(4,5)15-8-11(17)2/h6-7,11,15H,8-9H2,1-5H3. The van der Waals surface area contributed by atoms with Gasteiger partial charge in [-0.3, -0.25) is 4.98 Å². The van der Waals surface area contributed by atoms with Gasteiger partial charge in [0.2, 0.25) is 0 Å². The molecule has 0 aliphatic carbocycles. The number of nitrogens with zero attached hydrogens (tertiary/aromatic N) is 2. The molecular formula is C14H23N3. The molecule has 0 spiro atoms. The molecule has 1 unspecified atom stereocenters. The van der Waals surface area contributed by atoms with E-state index in [4.69, 9.17) is 0 Å². The lowest BCUT2D eigenvalue weighted by atomic mass is 9.98. The number of hydrogen-bond donors (Lipinski definition) is 1. The minimum Gasteiger partial charge on any atom is -0.364 e. The van der Waals surface area contributed by atoms with E-state index < -0.39 is 0 Å². The summed E-state index contributed by atoms with van der Waals surface area (Å²) in [4.78, 5) is 7.04. The van der Waals surface area contributed by atoms with Gasteiger partial charge in [-0.05, 0) is 46.8 Å². The lowest BCUT2D eigenvalue weighted by molar-refractivity contribution is 0.318. The first-order valence-corrected chi connectivity index (χ1v) is 6.35. The number of aromatic nitrogens is 1. The highest BCUT2D eigenvalue weighted by molar-refractivity contribution is 5.52.